The summed E-state index contributed by atoms with van der Waals surface area (Å²) in [5.41, 5.74) is 3.63. The van der Waals surface area contributed by atoms with E-state index in [9.17, 15) is 0 Å². The van der Waals surface area contributed by atoms with Gasteiger partial charge < -0.3 is 14.3 Å². The molecule has 5 nitrogen and oxygen atoms in total. The summed E-state index contributed by atoms with van der Waals surface area (Å²) in [7, 11) is 2.01. The second-order valence-electron chi connectivity index (χ2n) is 8.08. The first kappa shape index (κ1) is 19.6. The first-order valence-corrected chi connectivity index (χ1v) is 10.7. The van der Waals surface area contributed by atoms with E-state index in [1.54, 1.807) is 11.8 Å². The van der Waals surface area contributed by atoms with Crippen LogP contribution in [0.15, 0.2) is 59.9 Å². The van der Waals surface area contributed by atoms with Gasteiger partial charge in [-0.2, -0.15) is 0 Å². The molecule has 4 aromatic rings. The molecule has 2 aromatic heterocycles. The molecule has 0 amide bonds. The SMILES string of the molecule is Cn1c(SCCOc2ccc(C(C)(C)C)cc2)nnc1-c1c[nH]c2ccccc12. The molecule has 0 aliphatic heterocycles. The van der Waals surface area contributed by atoms with Gasteiger partial charge >= 0.3 is 0 Å². The lowest BCUT2D eigenvalue weighted by atomic mass is 9.87. The van der Waals surface area contributed by atoms with E-state index in [1.807, 2.05) is 42.1 Å². The fourth-order valence-electron chi connectivity index (χ4n) is 3.28. The van der Waals surface area contributed by atoms with Gasteiger partial charge in [0.1, 0.15) is 5.75 Å². The van der Waals surface area contributed by atoms with Crippen LogP contribution < -0.4 is 4.74 Å². The first-order chi connectivity index (χ1) is 13.9. The lowest BCUT2D eigenvalue weighted by Gasteiger charge is -2.19. The van der Waals surface area contributed by atoms with Crippen molar-refractivity contribution >= 4 is 22.7 Å². The van der Waals surface area contributed by atoms with E-state index in [-0.39, 0.29) is 5.41 Å². The molecule has 2 heterocycles. The molecule has 0 aliphatic rings. The van der Waals surface area contributed by atoms with Crippen molar-refractivity contribution in [2.45, 2.75) is 31.3 Å². The number of hydrogen-bond acceptors (Lipinski definition) is 4. The highest BCUT2D eigenvalue weighted by Gasteiger charge is 2.15. The zero-order valence-corrected chi connectivity index (χ0v) is 18.1. The Morgan fingerprint density at radius 3 is 2.55 bits per heavy atom. The summed E-state index contributed by atoms with van der Waals surface area (Å²) in [6.45, 7) is 7.26. The maximum absolute atomic E-state index is 5.89. The minimum Gasteiger partial charge on any atom is -0.493 e. The molecule has 0 unspecified atom stereocenters. The summed E-state index contributed by atoms with van der Waals surface area (Å²) in [6, 6.07) is 16.6. The van der Waals surface area contributed by atoms with Crippen LogP contribution in [0.2, 0.25) is 0 Å². The summed E-state index contributed by atoms with van der Waals surface area (Å²) in [5.74, 6) is 2.57. The zero-order chi connectivity index (χ0) is 20.4. The van der Waals surface area contributed by atoms with Crippen molar-refractivity contribution in [3.63, 3.8) is 0 Å². The number of rotatable bonds is 6. The van der Waals surface area contributed by atoms with Crippen LogP contribution >= 0.6 is 11.8 Å². The van der Waals surface area contributed by atoms with Crippen molar-refractivity contribution in [1.29, 1.82) is 0 Å². The number of thioether (sulfide) groups is 1. The summed E-state index contributed by atoms with van der Waals surface area (Å²) in [4.78, 5) is 3.30. The third kappa shape index (κ3) is 4.17. The average Bonchev–Trinajstić information content (AvgIpc) is 3.28. The highest BCUT2D eigenvalue weighted by atomic mass is 32.2. The molecule has 29 heavy (non-hydrogen) atoms. The number of benzene rings is 2. The Balaban J connectivity index is 1.36. The minimum atomic E-state index is 0.155. The van der Waals surface area contributed by atoms with Gasteiger partial charge in [-0.15, -0.1) is 10.2 Å². The molecule has 2 aromatic carbocycles. The number of H-pyrrole nitrogens is 1. The highest BCUT2D eigenvalue weighted by Crippen LogP contribution is 2.29. The van der Waals surface area contributed by atoms with E-state index in [0.717, 1.165) is 38.9 Å². The van der Waals surface area contributed by atoms with Gasteiger partial charge in [-0.1, -0.05) is 62.9 Å². The predicted molar refractivity (Wildman–Crippen MR) is 120 cm³/mol. The van der Waals surface area contributed by atoms with Gasteiger partial charge in [-0.05, 0) is 29.2 Å². The lowest BCUT2D eigenvalue weighted by Crippen LogP contribution is -2.10. The molecule has 0 fully saturated rings. The van der Waals surface area contributed by atoms with E-state index in [2.05, 4.69) is 60.2 Å². The van der Waals surface area contributed by atoms with Crippen molar-refractivity contribution < 1.29 is 4.74 Å². The lowest BCUT2D eigenvalue weighted by molar-refractivity contribution is 0.343. The topological polar surface area (TPSA) is 55.7 Å². The van der Waals surface area contributed by atoms with E-state index in [0.29, 0.717) is 6.61 Å². The Labute approximate surface area is 175 Å². The average molecular weight is 407 g/mol. The molecule has 4 rings (SSSR count). The summed E-state index contributed by atoms with van der Waals surface area (Å²) in [6.07, 6.45) is 1.99. The first-order valence-electron chi connectivity index (χ1n) is 9.75. The Bertz CT molecular complexity index is 1110. The quantitative estimate of drug-likeness (QED) is 0.343. The molecule has 0 saturated carbocycles. The van der Waals surface area contributed by atoms with Crippen molar-refractivity contribution in [3.05, 3.63) is 60.3 Å². The second kappa shape index (κ2) is 7.95. The fraction of sp³-hybridized carbons (Fsp3) is 0.304. The molecule has 1 N–H and O–H groups in total. The maximum atomic E-state index is 5.89. The number of nitrogens with one attached hydrogen (secondary N) is 1. The Kier molecular flexibility index (Phi) is 5.37. The van der Waals surface area contributed by atoms with Crippen molar-refractivity contribution in [3.8, 4) is 17.1 Å². The molecule has 0 atom stereocenters. The molecule has 0 aliphatic carbocycles. The van der Waals surface area contributed by atoms with Crippen molar-refractivity contribution in [2.24, 2.45) is 7.05 Å². The van der Waals surface area contributed by atoms with Crippen molar-refractivity contribution in [2.75, 3.05) is 12.4 Å². The van der Waals surface area contributed by atoms with Gasteiger partial charge in [0.15, 0.2) is 11.0 Å². The molecule has 150 valence electrons. The standard InChI is InChI=1S/C23H26N4OS/c1-23(2,3)16-9-11-17(12-10-16)28-13-14-29-22-26-25-21(27(22)4)19-15-24-20-8-6-5-7-18(19)20/h5-12,15,24H,13-14H2,1-4H3. The number of aromatic nitrogens is 4. The molecule has 0 saturated heterocycles. The summed E-state index contributed by atoms with van der Waals surface area (Å²) >= 11 is 1.65. The molecule has 0 bridgehead atoms. The largest absolute Gasteiger partial charge is 0.493 e. The van der Waals surface area contributed by atoms with Gasteiger partial charge in [0.25, 0.3) is 0 Å². The van der Waals surface area contributed by atoms with Crippen LogP contribution in [-0.4, -0.2) is 32.1 Å². The van der Waals surface area contributed by atoms with Crippen LogP contribution in [0.1, 0.15) is 26.3 Å². The van der Waals surface area contributed by atoms with Crippen LogP contribution in [0.25, 0.3) is 22.3 Å². The van der Waals surface area contributed by atoms with E-state index in [4.69, 9.17) is 4.74 Å². The molecular formula is C23H26N4OS. The van der Waals surface area contributed by atoms with Gasteiger partial charge in [-0.3, -0.25) is 0 Å². The summed E-state index contributed by atoms with van der Waals surface area (Å²) in [5, 5.41) is 10.8. The number of aromatic amines is 1. The molecule has 6 heteroatoms. The van der Waals surface area contributed by atoms with E-state index >= 15 is 0 Å². The van der Waals surface area contributed by atoms with Crippen molar-refractivity contribution in [1.82, 2.24) is 19.7 Å². The monoisotopic (exact) mass is 406 g/mol. The minimum absolute atomic E-state index is 0.155. The van der Waals surface area contributed by atoms with Crippen LogP contribution in [0.5, 0.6) is 5.75 Å². The number of hydrogen-bond donors (Lipinski definition) is 1. The van der Waals surface area contributed by atoms with Crippen LogP contribution in [0, 0.1) is 0 Å². The fourth-order valence-corrected chi connectivity index (χ4v) is 4.00. The number of para-hydroxylation sites is 1. The maximum Gasteiger partial charge on any atom is 0.191 e. The number of fused-ring (bicyclic) bond motifs is 1. The van der Waals surface area contributed by atoms with Crippen LogP contribution in [-0.2, 0) is 12.5 Å². The zero-order valence-electron chi connectivity index (χ0n) is 17.3. The van der Waals surface area contributed by atoms with Crippen LogP contribution in [0.3, 0.4) is 0 Å². The second-order valence-corrected chi connectivity index (χ2v) is 9.15. The predicted octanol–water partition coefficient (Wildman–Crippen LogP) is 5.43. The molecular weight excluding hydrogens is 380 g/mol. The highest BCUT2D eigenvalue weighted by molar-refractivity contribution is 7.99. The smallest absolute Gasteiger partial charge is 0.191 e. The number of ether oxygens (including phenoxy) is 1. The Morgan fingerprint density at radius 1 is 1.03 bits per heavy atom. The molecule has 0 spiro atoms. The van der Waals surface area contributed by atoms with Gasteiger partial charge in [-0.25, -0.2) is 0 Å². The Morgan fingerprint density at radius 2 is 1.79 bits per heavy atom. The van der Waals surface area contributed by atoms with Gasteiger partial charge in [0.2, 0.25) is 0 Å². The normalized spacial score (nSPS) is 11.9. The van der Waals surface area contributed by atoms with Crippen LogP contribution in [0.4, 0.5) is 0 Å². The number of nitrogens with zero attached hydrogens (tertiary/aromatic N) is 3. The van der Waals surface area contributed by atoms with Gasteiger partial charge in [0.05, 0.1) is 6.61 Å². The molecule has 0 radical (unpaired) electrons. The Hall–Kier alpha value is -2.73. The van der Waals surface area contributed by atoms with Gasteiger partial charge in [0, 0.05) is 35.5 Å². The summed E-state index contributed by atoms with van der Waals surface area (Å²) < 4.78 is 7.93. The third-order valence-electron chi connectivity index (χ3n) is 4.97. The van der Waals surface area contributed by atoms with E-state index in [1.165, 1.54) is 5.56 Å². The van der Waals surface area contributed by atoms with E-state index < -0.39 is 0 Å². The third-order valence-corrected chi connectivity index (χ3v) is 5.95.